The van der Waals surface area contributed by atoms with E-state index in [0.717, 1.165) is 11.3 Å². The van der Waals surface area contributed by atoms with Crippen LogP contribution in [0.3, 0.4) is 0 Å². The quantitative estimate of drug-likeness (QED) is 0.748. The summed E-state index contributed by atoms with van der Waals surface area (Å²) in [6, 6.07) is 11.2. The Balaban J connectivity index is 2.48. The van der Waals surface area contributed by atoms with Gasteiger partial charge in [0, 0.05) is 11.6 Å². The summed E-state index contributed by atoms with van der Waals surface area (Å²) in [6.45, 7) is 2.02. The number of rotatable bonds is 2. The van der Waals surface area contributed by atoms with Crippen LogP contribution in [0.1, 0.15) is 5.56 Å². The standard InChI is InChI=1S/C12H11ClN2O/c1-9-2-4-10(5-3-9)11-6-7-12(16)15(8-13)14-11/h2-7H,8H2,1H3. The minimum absolute atomic E-state index is 0.0680. The smallest absolute Gasteiger partial charge is 0.267 e. The fraction of sp³-hybridized carbons (Fsp3) is 0.167. The van der Waals surface area contributed by atoms with Crippen molar-refractivity contribution in [2.24, 2.45) is 0 Å². The molecular formula is C12H11ClN2O. The zero-order valence-electron chi connectivity index (χ0n) is 8.85. The van der Waals surface area contributed by atoms with E-state index in [-0.39, 0.29) is 11.6 Å². The van der Waals surface area contributed by atoms with Gasteiger partial charge in [0.1, 0.15) is 6.00 Å². The molecule has 0 unspecified atom stereocenters. The van der Waals surface area contributed by atoms with Gasteiger partial charge in [-0.1, -0.05) is 29.8 Å². The highest BCUT2D eigenvalue weighted by Crippen LogP contribution is 2.15. The lowest BCUT2D eigenvalue weighted by Crippen LogP contribution is -2.20. The molecule has 0 N–H and O–H groups in total. The number of hydrogen-bond donors (Lipinski definition) is 0. The summed E-state index contributed by atoms with van der Waals surface area (Å²) in [5.74, 6) is 0. The average Bonchev–Trinajstić information content (AvgIpc) is 2.31. The summed E-state index contributed by atoms with van der Waals surface area (Å²) < 4.78 is 1.23. The molecule has 0 amide bonds. The van der Waals surface area contributed by atoms with Gasteiger partial charge in [0.2, 0.25) is 0 Å². The lowest BCUT2D eigenvalue weighted by Gasteiger charge is -2.04. The summed E-state index contributed by atoms with van der Waals surface area (Å²) in [4.78, 5) is 11.3. The molecule has 1 heterocycles. The monoisotopic (exact) mass is 234 g/mol. The SMILES string of the molecule is Cc1ccc(-c2ccc(=O)n(CCl)n2)cc1. The van der Waals surface area contributed by atoms with Gasteiger partial charge in [-0.3, -0.25) is 4.79 Å². The molecule has 0 radical (unpaired) electrons. The van der Waals surface area contributed by atoms with Gasteiger partial charge < -0.3 is 0 Å². The molecule has 82 valence electrons. The Hall–Kier alpha value is -1.61. The molecule has 0 spiro atoms. The van der Waals surface area contributed by atoms with Crippen molar-refractivity contribution in [1.82, 2.24) is 9.78 Å². The predicted molar refractivity (Wildman–Crippen MR) is 64.5 cm³/mol. The highest BCUT2D eigenvalue weighted by Gasteiger charge is 2.01. The van der Waals surface area contributed by atoms with E-state index in [1.54, 1.807) is 6.07 Å². The average molecular weight is 235 g/mol. The van der Waals surface area contributed by atoms with E-state index in [1.807, 2.05) is 31.2 Å². The van der Waals surface area contributed by atoms with Crippen LogP contribution in [0.25, 0.3) is 11.3 Å². The first-order valence-electron chi connectivity index (χ1n) is 4.92. The van der Waals surface area contributed by atoms with Gasteiger partial charge in [-0.05, 0) is 13.0 Å². The summed E-state index contributed by atoms with van der Waals surface area (Å²) in [5.41, 5.74) is 2.73. The van der Waals surface area contributed by atoms with Crippen molar-refractivity contribution in [3.63, 3.8) is 0 Å². The number of benzene rings is 1. The molecule has 0 fully saturated rings. The normalized spacial score (nSPS) is 10.4. The lowest BCUT2D eigenvalue weighted by molar-refractivity contribution is 0.691. The fourth-order valence-electron chi connectivity index (χ4n) is 1.41. The van der Waals surface area contributed by atoms with Crippen LogP contribution in [0, 0.1) is 6.92 Å². The van der Waals surface area contributed by atoms with Crippen molar-refractivity contribution in [2.45, 2.75) is 12.9 Å². The molecule has 3 nitrogen and oxygen atoms in total. The van der Waals surface area contributed by atoms with Crippen LogP contribution in [0.4, 0.5) is 0 Å². The summed E-state index contributed by atoms with van der Waals surface area (Å²) in [5, 5.41) is 4.16. The van der Waals surface area contributed by atoms with Crippen LogP contribution in [0.5, 0.6) is 0 Å². The minimum Gasteiger partial charge on any atom is -0.268 e. The van der Waals surface area contributed by atoms with Crippen molar-refractivity contribution in [2.75, 3.05) is 0 Å². The van der Waals surface area contributed by atoms with Crippen molar-refractivity contribution in [3.05, 3.63) is 52.3 Å². The third-order valence-corrected chi connectivity index (χ3v) is 2.55. The number of halogens is 1. The molecule has 0 aliphatic heterocycles. The highest BCUT2D eigenvalue weighted by molar-refractivity contribution is 6.15. The van der Waals surface area contributed by atoms with E-state index in [2.05, 4.69) is 5.10 Å². The first kappa shape index (κ1) is 10.9. The first-order valence-corrected chi connectivity index (χ1v) is 5.45. The molecule has 2 aromatic rings. The Kier molecular flexibility index (Phi) is 3.06. The van der Waals surface area contributed by atoms with Crippen LogP contribution in [0.2, 0.25) is 0 Å². The molecular weight excluding hydrogens is 224 g/mol. The number of alkyl halides is 1. The maximum Gasteiger partial charge on any atom is 0.267 e. The van der Waals surface area contributed by atoms with E-state index in [0.29, 0.717) is 0 Å². The molecule has 0 saturated heterocycles. The van der Waals surface area contributed by atoms with Crippen LogP contribution in [-0.2, 0) is 6.00 Å². The Morgan fingerprint density at radius 2 is 1.88 bits per heavy atom. The third-order valence-electron chi connectivity index (χ3n) is 2.33. The maximum atomic E-state index is 11.3. The fourth-order valence-corrected chi connectivity index (χ4v) is 1.58. The third kappa shape index (κ3) is 2.14. The van der Waals surface area contributed by atoms with Crippen molar-refractivity contribution < 1.29 is 0 Å². The second-order valence-corrected chi connectivity index (χ2v) is 3.78. The summed E-state index contributed by atoms with van der Waals surface area (Å²) in [7, 11) is 0. The van der Waals surface area contributed by atoms with Gasteiger partial charge in [-0.25, -0.2) is 4.68 Å². The summed E-state index contributed by atoms with van der Waals surface area (Å²) in [6.07, 6.45) is 0. The van der Waals surface area contributed by atoms with Crippen LogP contribution in [-0.4, -0.2) is 9.78 Å². The lowest BCUT2D eigenvalue weighted by atomic mass is 10.1. The molecule has 1 aromatic carbocycles. The molecule has 0 aliphatic carbocycles. The van der Waals surface area contributed by atoms with E-state index in [4.69, 9.17) is 11.6 Å². The second-order valence-electron chi connectivity index (χ2n) is 3.54. The van der Waals surface area contributed by atoms with Crippen LogP contribution >= 0.6 is 11.6 Å². The van der Waals surface area contributed by atoms with Crippen molar-refractivity contribution in [1.29, 1.82) is 0 Å². The van der Waals surface area contributed by atoms with E-state index in [9.17, 15) is 4.79 Å². The topological polar surface area (TPSA) is 34.9 Å². The molecule has 0 saturated carbocycles. The zero-order valence-corrected chi connectivity index (χ0v) is 9.61. The van der Waals surface area contributed by atoms with E-state index < -0.39 is 0 Å². The first-order chi connectivity index (χ1) is 7.70. The Bertz CT molecular complexity index is 546. The number of aryl methyl sites for hydroxylation is 1. The molecule has 0 bridgehead atoms. The van der Waals surface area contributed by atoms with E-state index in [1.165, 1.54) is 16.3 Å². The number of hydrogen-bond acceptors (Lipinski definition) is 2. The molecule has 4 heteroatoms. The van der Waals surface area contributed by atoms with Gasteiger partial charge in [-0.15, -0.1) is 11.6 Å². The molecule has 16 heavy (non-hydrogen) atoms. The van der Waals surface area contributed by atoms with Crippen molar-refractivity contribution >= 4 is 11.6 Å². The van der Waals surface area contributed by atoms with E-state index >= 15 is 0 Å². The Morgan fingerprint density at radius 1 is 1.19 bits per heavy atom. The minimum atomic E-state index is -0.189. The van der Waals surface area contributed by atoms with Gasteiger partial charge in [-0.2, -0.15) is 5.10 Å². The van der Waals surface area contributed by atoms with Crippen LogP contribution < -0.4 is 5.56 Å². The molecule has 0 aliphatic rings. The van der Waals surface area contributed by atoms with Gasteiger partial charge in [0.05, 0.1) is 5.69 Å². The van der Waals surface area contributed by atoms with Crippen LogP contribution in [0.15, 0.2) is 41.2 Å². The molecule has 2 rings (SSSR count). The zero-order chi connectivity index (χ0) is 11.5. The van der Waals surface area contributed by atoms with Gasteiger partial charge in [0.25, 0.3) is 5.56 Å². The largest absolute Gasteiger partial charge is 0.268 e. The van der Waals surface area contributed by atoms with Gasteiger partial charge in [0.15, 0.2) is 0 Å². The summed E-state index contributed by atoms with van der Waals surface area (Å²) >= 11 is 5.62. The Labute approximate surface area is 98.3 Å². The maximum absolute atomic E-state index is 11.3. The predicted octanol–water partition coefficient (Wildman–Crippen LogP) is 2.42. The number of nitrogens with zero attached hydrogens (tertiary/aromatic N) is 2. The second kappa shape index (κ2) is 4.49. The Morgan fingerprint density at radius 3 is 2.50 bits per heavy atom. The van der Waals surface area contributed by atoms with Crippen molar-refractivity contribution in [3.8, 4) is 11.3 Å². The number of aromatic nitrogens is 2. The molecule has 0 atom stereocenters. The highest BCUT2D eigenvalue weighted by atomic mass is 35.5. The van der Waals surface area contributed by atoms with Gasteiger partial charge >= 0.3 is 0 Å². The molecule has 1 aromatic heterocycles.